The van der Waals surface area contributed by atoms with Gasteiger partial charge in [0.1, 0.15) is 6.04 Å². The third-order valence-corrected chi connectivity index (χ3v) is 3.10. The van der Waals surface area contributed by atoms with E-state index in [1.165, 1.54) is 0 Å². The van der Waals surface area contributed by atoms with Gasteiger partial charge in [-0.15, -0.1) is 11.8 Å². The third-order valence-electron chi connectivity index (χ3n) is 2.13. The van der Waals surface area contributed by atoms with Crippen molar-refractivity contribution in [2.45, 2.75) is 6.04 Å². The van der Waals surface area contributed by atoms with Crippen LogP contribution in [0.25, 0.3) is 0 Å². The lowest BCUT2D eigenvalue weighted by atomic mass is 10.3. The Kier molecular flexibility index (Phi) is 2.30. The molecule has 0 radical (unpaired) electrons. The van der Waals surface area contributed by atoms with Gasteiger partial charge in [0.2, 0.25) is 5.91 Å². The van der Waals surface area contributed by atoms with Crippen LogP contribution in [0.4, 0.5) is 4.79 Å². The minimum absolute atomic E-state index is 0.0309. The summed E-state index contributed by atoms with van der Waals surface area (Å²) in [5.74, 6) is 1.79. The minimum atomic E-state index is -0.355. The number of rotatable bonds is 1. The molecule has 0 aliphatic carbocycles. The molecule has 2 aliphatic heterocycles. The lowest BCUT2D eigenvalue weighted by Crippen LogP contribution is -2.44. The van der Waals surface area contributed by atoms with E-state index in [4.69, 9.17) is 0 Å². The van der Waals surface area contributed by atoms with Crippen LogP contribution in [0.5, 0.6) is 0 Å². The maximum atomic E-state index is 11.7. The number of carbonyl (C=O) groups excluding carboxylic acids is 2. The molecule has 6 heteroatoms. The summed E-state index contributed by atoms with van der Waals surface area (Å²) in [5, 5.41) is 5.15. The van der Waals surface area contributed by atoms with Crippen LogP contribution in [-0.2, 0) is 4.79 Å². The second-order valence-electron chi connectivity index (χ2n) is 3.05. The highest BCUT2D eigenvalue weighted by molar-refractivity contribution is 7.99. The second kappa shape index (κ2) is 3.45. The van der Waals surface area contributed by atoms with Crippen LogP contribution < -0.4 is 10.6 Å². The van der Waals surface area contributed by atoms with Gasteiger partial charge in [-0.05, 0) is 0 Å². The molecule has 2 rings (SSSR count). The first-order valence-corrected chi connectivity index (χ1v) is 5.34. The van der Waals surface area contributed by atoms with Crippen molar-refractivity contribution in [1.29, 1.82) is 0 Å². The quantitative estimate of drug-likeness (QED) is 0.584. The van der Waals surface area contributed by atoms with E-state index in [1.54, 1.807) is 16.7 Å². The highest BCUT2D eigenvalue weighted by atomic mass is 32.2. The number of amides is 3. The van der Waals surface area contributed by atoms with Gasteiger partial charge in [0, 0.05) is 18.8 Å². The molecule has 0 bridgehead atoms. The fourth-order valence-corrected chi connectivity index (χ4v) is 2.37. The summed E-state index contributed by atoms with van der Waals surface area (Å²) >= 11 is 1.74. The van der Waals surface area contributed by atoms with Gasteiger partial charge in [0.15, 0.2) is 0 Å². The van der Waals surface area contributed by atoms with E-state index in [-0.39, 0.29) is 18.0 Å². The third kappa shape index (κ3) is 1.72. The Morgan fingerprint density at radius 3 is 3.00 bits per heavy atom. The van der Waals surface area contributed by atoms with Crippen molar-refractivity contribution in [3.63, 3.8) is 0 Å². The highest BCUT2D eigenvalue weighted by Gasteiger charge is 2.31. The summed E-state index contributed by atoms with van der Waals surface area (Å²) in [4.78, 5) is 24.2. The highest BCUT2D eigenvalue weighted by Crippen LogP contribution is 2.14. The average molecular weight is 201 g/mol. The maximum absolute atomic E-state index is 11.7. The monoisotopic (exact) mass is 201 g/mol. The molecule has 1 atom stereocenters. The van der Waals surface area contributed by atoms with E-state index in [1.807, 2.05) is 0 Å². The molecule has 3 amide bonds. The fraction of sp³-hybridized carbons (Fsp3) is 0.714. The Hall–Kier alpha value is -0.910. The second-order valence-corrected chi connectivity index (χ2v) is 4.12. The normalized spacial score (nSPS) is 27.2. The van der Waals surface area contributed by atoms with E-state index in [0.717, 1.165) is 18.2 Å². The van der Waals surface area contributed by atoms with Crippen LogP contribution in [-0.4, -0.2) is 47.6 Å². The van der Waals surface area contributed by atoms with Crippen LogP contribution in [0, 0.1) is 0 Å². The fourth-order valence-electron chi connectivity index (χ4n) is 1.41. The first kappa shape index (κ1) is 8.68. The Bertz CT molecular complexity index is 240. The molecule has 2 fully saturated rings. The summed E-state index contributed by atoms with van der Waals surface area (Å²) in [7, 11) is 0. The molecular weight excluding hydrogens is 190 g/mol. The number of hydrogen-bond donors (Lipinski definition) is 2. The van der Waals surface area contributed by atoms with E-state index >= 15 is 0 Å². The molecule has 2 saturated heterocycles. The smallest absolute Gasteiger partial charge is 0.315 e. The average Bonchev–Trinajstić information content (AvgIpc) is 2.72. The Morgan fingerprint density at radius 1 is 1.62 bits per heavy atom. The molecule has 2 N–H and O–H groups in total. The molecule has 0 aromatic carbocycles. The van der Waals surface area contributed by atoms with Gasteiger partial charge in [0.25, 0.3) is 0 Å². The molecular formula is C7H11N3O2S. The molecule has 13 heavy (non-hydrogen) atoms. The van der Waals surface area contributed by atoms with Gasteiger partial charge in [-0.3, -0.25) is 4.79 Å². The first-order valence-electron chi connectivity index (χ1n) is 4.18. The molecule has 5 nitrogen and oxygen atoms in total. The van der Waals surface area contributed by atoms with Crippen molar-refractivity contribution in [2.75, 3.05) is 24.7 Å². The van der Waals surface area contributed by atoms with Gasteiger partial charge in [0.05, 0.1) is 5.88 Å². The molecule has 0 aromatic rings. The number of urea groups is 1. The molecule has 2 heterocycles. The van der Waals surface area contributed by atoms with Crippen molar-refractivity contribution in [2.24, 2.45) is 0 Å². The SMILES string of the molecule is O=C1NC[C@@H](C(=O)N2CCSC2)N1. The van der Waals surface area contributed by atoms with Crippen molar-refractivity contribution in [3.8, 4) is 0 Å². The van der Waals surface area contributed by atoms with E-state index < -0.39 is 0 Å². The van der Waals surface area contributed by atoms with Crippen LogP contribution in [0.2, 0.25) is 0 Å². The predicted octanol–water partition coefficient (Wildman–Crippen LogP) is -0.799. The van der Waals surface area contributed by atoms with Crippen LogP contribution in [0.15, 0.2) is 0 Å². The van der Waals surface area contributed by atoms with Crippen molar-refractivity contribution >= 4 is 23.7 Å². The molecule has 0 spiro atoms. The van der Waals surface area contributed by atoms with Gasteiger partial charge >= 0.3 is 6.03 Å². The Morgan fingerprint density at radius 2 is 2.46 bits per heavy atom. The molecule has 2 aliphatic rings. The summed E-state index contributed by atoms with van der Waals surface area (Å²) in [5.41, 5.74) is 0. The van der Waals surface area contributed by atoms with Crippen LogP contribution >= 0.6 is 11.8 Å². The minimum Gasteiger partial charge on any atom is -0.336 e. The number of nitrogens with zero attached hydrogens (tertiary/aromatic N) is 1. The molecule has 0 unspecified atom stereocenters. The van der Waals surface area contributed by atoms with Gasteiger partial charge < -0.3 is 15.5 Å². The molecule has 0 aromatic heterocycles. The number of nitrogens with one attached hydrogen (secondary N) is 2. The summed E-state index contributed by atoms with van der Waals surface area (Å²) in [6, 6.07) is -0.601. The van der Waals surface area contributed by atoms with Crippen LogP contribution in [0.1, 0.15) is 0 Å². The van der Waals surface area contributed by atoms with E-state index in [9.17, 15) is 9.59 Å². The molecule has 72 valence electrons. The Labute approximate surface area is 80.2 Å². The van der Waals surface area contributed by atoms with Gasteiger partial charge in [-0.1, -0.05) is 0 Å². The van der Waals surface area contributed by atoms with Crippen molar-refractivity contribution < 1.29 is 9.59 Å². The van der Waals surface area contributed by atoms with Crippen molar-refractivity contribution in [3.05, 3.63) is 0 Å². The maximum Gasteiger partial charge on any atom is 0.315 e. The largest absolute Gasteiger partial charge is 0.336 e. The Balaban J connectivity index is 1.92. The zero-order chi connectivity index (χ0) is 9.26. The number of thioether (sulfide) groups is 1. The molecule has 0 saturated carbocycles. The van der Waals surface area contributed by atoms with E-state index in [2.05, 4.69) is 10.6 Å². The first-order chi connectivity index (χ1) is 6.27. The zero-order valence-electron chi connectivity index (χ0n) is 7.08. The summed E-state index contributed by atoms with van der Waals surface area (Å²) in [6.07, 6.45) is 0. The summed E-state index contributed by atoms with van der Waals surface area (Å²) in [6.45, 7) is 1.22. The predicted molar refractivity (Wildman–Crippen MR) is 49.4 cm³/mol. The van der Waals surface area contributed by atoms with E-state index in [0.29, 0.717) is 6.54 Å². The lowest BCUT2D eigenvalue weighted by Gasteiger charge is -2.17. The van der Waals surface area contributed by atoms with Gasteiger partial charge in [-0.25, -0.2) is 4.79 Å². The number of hydrogen-bond acceptors (Lipinski definition) is 3. The number of carbonyl (C=O) groups is 2. The lowest BCUT2D eigenvalue weighted by molar-refractivity contribution is -0.131. The topological polar surface area (TPSA) is 61.4 Å². The standard InChI is InChI=1S/C7H11N3O2S/c11-6(10-1-2-13-4-10)5-3-8-7(12)9-5/h5H,1-4H2,(H2,8,9,12)/t5-/m0/s1. The van der Waals surface area contributed by atoms with Crippen LogP contribution in [0.3, 0.4) is 0 Å². The summed E-state index contributed by atoms with van der Waals surface area (Å²) < 4.78 is 0. The van der Waals surface area contributed by atoms with Crippen molar-refractivity contribution in [1.82, 2.24) is 15.5 Å². The van der Waals surface area contributed by atoms with Gasteiger partial charge in [-0.2, -0.15) is 0 Å². The zero-order valence-corrected chi connectivity index (χ0v) is 7.89.